The number of quaternary nitrogens is 1. The molecule has 3 amide bonds. The molecule has 0 aliphatic carbocycles. The van der Waals surface area contributed by atoms with Crippen molar-refractivity contribution in [1.82, 2.24) is 39.4 Å². The number of carboxylic acids is 1. The summed E-state index contributed by atoms with van der Waals surface area (Å²) in [5.74, 6) is -1.99. The van der Waals surface area contributed by atoms with E-state index in [-0.39, 0.29) is 76.5 Å². The van der Waals surface area contributed by atoms with Crippen molar-refractivity contribution in [1.29, 1.82) is 0 Å². The van der Waals surface area contributed by atoms with Gasteiger partial charge < -0.3 is 43.8 Å². The van der Waals surface area contributed by atoms with Gasteiger partial charge in [-0.15, -0.1) is 0 Å². The van der Waals surface area contributed by atoms with Gasteiger partial charge in [0.05, 0.1) is 59.9 Å². The number of imidazole rings is 1. The second-order valence-corrected chi connectivity index (χ2v) is 15.8. The number of alkyl halides is 3. The number of aliphatic carboxylic acids is 1. The maximum Gasteiger partial charge on any atom is 0.435 e. The number of hydrogen-bond acceptors (Lipinski definition) is 10. The van der Waals surface area contributed by atoms with Crippen molar-refractivity contribution < 1.29 is 46.4 Å². The van der Waals surface area contributed by atoms with Gasteiger partial charge in [-0.2, -0.15) is 18.3 Å². The van der Waals surface area contributed by atoms with E-state index in [1.165, 1.54) is 48.3 Å². The van der Waals surface area contributed by atoms with Crippen LogP contribution < -0.4 is 15.7 Å². The minimum absolute atomic E-state index is 0.0170. The second-order valence-electron chi connectivity index (χ2n) is 15.4. The average Bonchev–Trinajstić information content (AvgIpc) is 3.94. The molecule has 2 N–H and O–H groups in total. The van der Waals surface area contributed by atoms with Gasteiger partial charge in [0.15, 0.2) is 22.9 Å². The molecule has 5 aromatic rings. The Morgan fingerprint density at radius 3 is 2.42 bits per heavy atom. The predicted octanol–water partition coefficient (Wildman–Crippen LogP) is 2.82. The fourth-order valence-corrected chi connectivity index (χ4v) is 8.57. The Morgan fingerprint density at radius 2 is 1.76 bits per heavy atom. The first-order valence-corrected chi connectivity index (χ1v) is 19.5. The van der Waals surface area contributed by atoms with E-state index >= 15 is 0 Å². The summed E-state index contributed by atoms with van der Waals surface area (Å²) in [6.07, 6.45) is 0.0831. The van der Waals surface area contributed by atoms with E-state index in [9.17, 15) is 37.5 Å². The Labute approximate surface area is 340 Å². The lowest BCUT2D eigenvalue weighted by molar-refractivity contribution is -0.931. The summed E-state index contributed by atoms with van der Waals surface area (Å²) in [6, 6.07) is 8.98. The number of carboxylic acid groups (broad SMARTS) is 1. The third kappa shape index (κ3) is 8.13. The minimum Gasteiger partial charge on any atom is -0.544 e. The molecule has 0 bridgehead atoms. The first-order valence-electron chi connectivity index (χ1n) is 19.2. The first kappa shape index (κ1) is 40.0. The molecular weight excluding hydrogens is 797 g/mol. The predicted molar refractivity (Wildman–Crippen MR) is 204 cm³/mol. The van der Waals surface area contributed by atoms with E-state index in [2.05, 4.69) is 25.7 Å². The van der Waals surface area contributed by atoms with Gasteiger partial charge in [0.1, 0.15) is 12.1 Å². The number of amides is 3. The number of nitrogens with one attached hydrogen (secondary N) is 2. The molecule has 3 saturated heterocycles. The van der Waals surface area contributed by atoms with Gasteiger partial charge in [0.25, 0.3) is 11.8 Å². The number of carbonyl (C=O) groups is 4. The van der Waals surface area contributed by atoms with Crippen LogP contribution in [0.25, 0.3) is 28.2 Å². The standard InChI is InChI=1S/C39H40ClF3N10O6/c1-49-30(27-20-52(48-34(27)39(41,42)43)32-5-4-31-29(47-32)8-15-59-31)19-45-35(49)36(56)46-25-2-3-26(28(40)16-25)38(58)51-11-9-50(10-12-51)37(57)24-6-13-53(14-7-24,22-33(54)55)21-23-17-44-18-23/h2-5,8,15-16,19-20,23-24,44H,6-7,9-14,17-18,21-22H2,1H3,(H-,46,54,55,56,58). The van der Waals surface area contributed by atoms with E-state index in [1.54, 1.807) is 21.9 Å². The number of pyridine rings is 1. The van der Waals surface area contributed by atoms with Crippen LogP contribution in [0.15, 0.2) is 59.5 Å². The Bertz CT molecular complexity index is 2430. The van der Waals surface area contributed by atoms with Crippen molar-refractivity contribution in [2.45, 2.75) is 19.0 Å². The fraction of sp³-hybridized carbons (Fsp3) is 0.410. The van der Waals surface area contributed by atoms with Crippen molar-refractivity contribution >= 4 is 52.1 Å². The highest BCUT2D eigenvalue weighted by molar-refractivity contribution is 6.34. The first-order chi connectivity index (χ1) is 28.2. The molecule has 1 aromatic carbocycles. The molecule has 16 nitrogen and oxygen atoms in total. The molecule has 20 heteroatoms. The van der Waals surface area contributed by atoms with E-state index in [0.29, 0.717) is 60.5 Å². The number of piperidine rings is 1. The number of halogens is 4. The number of rotatable bonds is 10. The van der Waals surface area contributed by atoms with Crippen LogP contribution in [0, 0.1) is 11.8 Å². The molecule has 0 radical (unpaired) electrons. The number of aromatic nitrogens is 5. The van der Waals surface area contributed by atoms with Crippen molar-refractivity contribution in [3.8, 4) is 17.1 Å². The zero-order chi connectivity index (χ0) is 41.6. The number of fused-ring (bicyclic) bond motifs is 1. The van der Waals surface area contributed by atoms with Crippen LogP contribution in [0.4, 0.5) is 18.9 Å². The summed E-state index contributed by atoms with van der Waals surface area (Å²) in [6.45, 7) is 4.94. The molecule has 8 rings (SSSR count). The summed E-state index contributed by atoms with van der Waals surface area (Å²) in [5.41, 5.74) is -0.226. The number of carbonyl (C=O) groups excluding carboxylic acids is 4. The Kier molecular flexibility index (Phi) is 10.7. The minimum atomic E-state index is -4.84. The van der Waals surface area contributed by atoms with Crippen LogP contribution in [0.5, 0.6) is 0 Å². The Morgan fingerprint density at radius 1 is 1.03 bits per heavy atom. The third-order valence-corrected chi connectivity index (χ3v) is 11.9. The topological polar surface area (TPSA) is 184 Å². The summed E-state index contributed by atoms with van der Waals surface area (Å²) in [7, 11) is 1.40. The molecular formula is C39H40ClF3N10O6. The third-order valence-electron chi connectivity index (χ3n) is 11.5. The van der Waals surface area contributed by atoms with Crippen LogP contribution in [-0.4, -0.2) is 128 Å². The maximum atomic E-state index is 14.2. The molecule has 0 atom stereocenters. The number of benzene rings is 1. The van der Waals surface area contributed by atoms with Crippen LogP contribution in [0.1, 0.15) is 39.5 Å². The Balaban J connectivity index is 0.883. The number of anilines is 1. The van der Waals surface area contributed by atoms with Gasteiger partial charge in [-0.25, -0.2) is 14.6 Å². The monoisotopic (exact) mass is 836 g/mol. The molecule has 310 valence electrons. The quantitative estimate of drug-likeness (QED) is 0.199. The number of hydrogen-bond donors (Lipinski definition) is 2. The maximum absolute atomic E-state index is 14.2. The molecule has 3 fully saturated rings. The van der Waals surface area contributed by atoms with Gasteiger partial charge in [-0.3, -0.25) is 14.4 Å². The summed E-state index contributed by atoms with van der Waals surface area (Å²) in [4.78, 5) is 63.8. The van der Waals surface area contributed by atoms with E-state index in [0.717, 1.165) is 30.5 Å². The summed E-state index contributed by atoms with van der Waals surface area (Å²) >= 11 is 6.55. The SMILES string of the molecule is Cn1c(-c2cn(-c3ccc4occc4n3)nc2C(F)(F)F)cnc1C(=O)Nc1ccc(C(=O)N2CCN(C(=O)C3CC[N+](CC(=O)[O-])(CC4CNC4)CC3)CC2)c(Cl)c1. The largest absolute Gasteiger partial charge is 0.544 e. The lowest BCUT2D eigenvalue weighted by Crippen LogP contribution is -2.63. The number of nitrogens with zero attached hydrogens (tertiary/aromatic N) is 8. The zero-order valence-electron chi connectivity index (χ0n) is 31.9. The van der Waals surface area contributed by atoms with Crippen LogP contribution in [0.3, 0.4) is 0 Å². The summed E-state index contributed by atoms with van der Waals surface area (Å²) in [5, 5.41) is 21.3. The van der Waals surface area contributed by atoms with Crippen molar-refractivity contribution in [3.63, 3.8) is 0 Å². The van der Waals surface area contributed by atoms with E-state index in [4.69, 9.17) is 16.0 Å². The second kappa shape index (κ2) is 15.8. The van der Waals surface area contributed by atoms with Gasteiger partial charge in [-0.05, 0) is 30.3 Å². The Hall–Kier alpha value is -5.79. The van der Waals surface area contributed by atoms with E-state index in [1.807, 2.05) is 0 Å². The summed E-state index contributed by atoms with van der Waals surface area (Å²) < 4.78 is 50.6. The normalized spacial score (nSPS) is 20.1. The molecule has 0 spiro atoms. The van der Waals surface area contributed by atoms with Crippen molar-refractivity contribution in [2.75, 3.05) is 70.8 Å². The van der Waals surface area contributed by atoms with Crippen LogP contribution in [-0.2, 0) is 22.8 Å². The van der Waals surface area contributed by atoms with Gasteiger partial charge in [0.2, 0.25) is 5.91 Å². The number of piperazine rings is 1. The lowest BCUT2D eigenvalue weighted by Gasteiger charge is -2.47. The molecule has 0 unspecified atom stereocenters. The smallest absolute Gasteiger partial charge is 0.435 e. The molecule has 59 heavy (non-hydrogen) atoms. The highest BCUT2D eigenvalue weighted by Crippen LogP contribution is 2.37. The average molecular weight is 837 g/mol. The van der Waals surface area contributed by atoms with Crippen LogP contribution >= 0.6 is 11.6 Å². The zero-order valence-corrected chi connectivity index (χ0v) is 32.6. The highest BCUT2D eigenvalue weighted by atomic mass is 35.5. The van der Waals surface area contributed by atoms with Crippen molar-refractivity contribution in [3.05, 3.63) is 77.2 Å². The number of furan rings is 1. The lowest BCUT2D eigenvalue weighted by atomic mass is 9.90. The van der Waals surface area contributed by atoms with E-state index < -0.39 is 23.7 Å². The van der Waals surface area contributed by atoms with Gasteiger partial charge in [0, 0.05) is 88.9 Å². The highest BCUT2D eigenvalue weighted by Gasteiger charge is 2.42. The molecule has 3 aliphatic rings. The molecule has 7 heterocycles. The van der Waals surface area contributed by atoms with Gasteiger partial charge in [-0.1, -0.05) is 11.6 Å². The number of likely N-dealkylation sites (tertiary alicyclic amines) is 1. The molecule has 0 saturated carbocycles. The molecule has 3 aliphatic heterocycles. The fourth-order valence-electron chi connectivity index (χ4n) is 8.31. The van der Waals surface area contributed by atoms with Crippen molar-refractivity contribution in [2.24, 2.45) is 18.9 Å². The van der Waals surface area contributed by atoms with Crippen LogP contribution in [0.2, 0.25) is 5.02 Å². The molecule has 4 aromatic heterocycles. The van der Waals surface area contributed by atoms with Gasteiger partial charge >= 0.3 is 6.18 Å².